The molecule has 0 aliphatic rings. The average molecular weight is 504 g/mol. The summed E-state index contributed by atoms with van der Waals surface area (Å²) in [5.74, 6) is -0.119. The average Bonchev–Trinajstić information content (AvgIpc) is 3.21. The van der Waals surface area contributed by atoms with Gasteiger partial charge in [0.05, 0.1) is 17.5 Å². The van der Waals surface area contributed by atoms with Crippen LogP contribution in [0, 0.1) is 10.1 Å². The van der Waals surface area contributed by atoms with Crippen molar-refractivity contribution in [1.82, 2.24) is 4.98 Å². The van der Waals surface area contributed by atoms with Gasteiger partial charge in [-0.2, -0.15) is 0 Å². The molecule has 4 N–H and O–H groups in total. The first-order valence-corrected chi connectivity index (χ1v) is 10.7. The SMILES string of the molecule is COc1ccc(NC(=O)Nc2ccc(OCC(=O)N=Nc3c(O)[nH]c4ccc([N+](=O)[O-])cc34)cc2)cc1. The molecule has 37 heavy (non-hydrogen) atoms. The summed E-state index contributed by atoms with van der Waals surface area (Å²) in [4.78, 5) is 37.3. The van der Waals surface area contributed by atoms with Gasteiger partial charge in [0, 0.05) is 28.9 Å². The Labute approximate surface area is 208 Å². The number of aromatic nitrogens is 1. The van der Waals surface area contributed by atoms with Crippen LogP contribution in [0.1, 0.15) is 0 Å². The summed E-state index contributed by atoms with van der Waals surface area (Å²) < 4.78 is 10.5. The zero-order valence-corrected chi connectivity index (χ0v) is 19.3. The van der Waals surface area contributed by atoms with Crippen LogP contribution in [-0.4, -0.2) is 40.7 Å². The molecule has 1 aromatic heterocycles. The maximum absolute atomic E-state index is 12.2. The molecule has 4 rings (SSSR count). The van der Waals surface area contributed by atoms with E-state index < -0.39 is 23.5 Å². The number of urea groups is 1. The van der Waals surface area contributed by atoms with Crippen molar-refractivity contribution in [2.45, 2.75) is 0 Å². The fourth-order valence-corrected chi connectivity index (χ4v) is 3.25. The number of hydrogen-bond donors (Lipinski definition) is 4. The Balaban J connectivity index is 1.30. The van der Waals surface area contributed by atoms with Crippen LogP contribution in [0.2, 0.25) is 0 Å². The van der Waals surface area contributed by atoms with Crippen molar-refractivity contribution >= 4 is 45.6 Å². The highest BCUT2D eigenvalue weighted by atomic mass is 16.6. The molecule has 0 aliphatic carbocycles. The number of nitrogens with zero attached hydrogens (tertiary/aromatic N) is 3. The normalized spacial score (nSPS) is 10.8. The highest BCUT2D eigenvalue weighted by molar-refractivity contribution is 5.99. The number of nitrogens with one attached hydrogen (secondary N) is 3. The van der Waals surface area contributed by atoms with Gasteiger partial charge in [-0.1, -0.05) is 0 Å². The number of rotatable bonds is 8. The molecule has 13 heteroatoms. The summed E-state index contributed by atoms with van der Waals surface area (Å²) in [5.41, 5.74) is 1.18. The molecule has 0 atom stereocenters. The van der Waals surface area contributed by atoms with Gasteiger partial charge < -0.3 is 30.2 Å². The van der Waals surface area contributed by atoms with Crippen LogP contribution >= 0.6 is 0 Å². The first-order valence-electron chi connectivity index (χ1n) is 10.7. The molecule has 13 nitrogen and oxygen atoms in total. The van der Waals surface area contributed by atoms with E-state index in [4.69, 9.17) is 9.47 Å². The van der Waals surface area contributed by atoms with Crippen LogP contribution in [0.5, 0.6) is 17.4 Å². The van der Waals surface area contributed by atoms with Crippen LogP contribution in [0.4, 0.5) is 27.5 Å². The Kier molecular flexibility index (Phi) is 7.24. The number of hydrogen-bond acceptors (Lipinski definition) is 8. The standard InChI is InChI=1S/C24H20N6O7/c1-36-17-7-2-14(3-8-17)25-24(33)26-15-4-9-18(10-5-15)37-13-21(31)28-29-22-19-12-16(30(34)35)6-11-20(19)27-23(22)32/h2-12,27,32H,13H2,1H3,(H2,25,26,33). The van der Waals surface area contributed by atoms with E-state index in [2.05, 4.69) is 25.8 Å². The van der Waals surface area contributed by atoms with Gasteiger partial charge >= 0.3 is 11.9 Å². The van der Waals surface area contributed by atoms with E-state index >= 15 is 0 Å². The summed E-state index contributed by atoms with van der Waals surface area (Å²) in [6.07, 6.45) is 0. The molecule has 0 saturated carbocycles. The van der Waals surface area contributed by atoms with Crippen molar-refractivity contribution in [3.8, 4) is 17.4 Å². The second kappa shape index (κ2) is 10.9. The van der Waals surface area contributed by atoms with Gasteiger partial charge in [-0.15, -0.1) is 10.2 Å². The number of anilines is 2. The van der Waals surface area contributed by atoms with Gasteiger partial charge in [-0.3, -0.25) is 14.9 Å². The van der Waals surface area contributed by atoms with Gasteiger partial charge in [0.2, 0.25) is 5.88 Å². The zero-order chi connectivity index (χ0) is 26.4. The molecule has 0 fully saturated rings. The molecule has 1 heterocycles. The minimum absolute atomic E-state index is 0.101. The van der Waals surface area contributed by atoms with Crippen LogP contribution < -0.4 is 20.1 Å². The maximum Gasteiger partial charge on any atom is 0.323 e. The minimum Gasteiger partial charge on any atom is -0.497 e. The smallest absolute Gasteiger partial charge is 0.323 e. The molecular formula is C24H20N6O7. The van der Waals surface area contributed by atoms with Crippen molar-refractivity contribution in [2.75, 3.05) is 24.4 Å². The first-order chi connectivity index (χ1) is 17.8. The largest absolute Gasteiger partial charge is 0.497 e. The number of ether oxygens (including phenoxy) is 2. The summed E-state index contributed by atoms with van der Waals surface area (Å²) in [5, 5.41) is 33.9. The number of nitro benzene ring substituents is 1. The second-order valence-electron chi connectivity index (χ2n) is 7.52. The highest BCUT2D eigenvalue weighted by Gasteiger charge is 2.15. The van der Waals surface area contributed by atoms with Gasteiger partial charge in [0.25, 0.3) is 5.69 Å². The molecule has 0 spiro atoms. The summed E-state index contributed by atoms with van der Waals surface area (Å²) in [6.45, 7) is -0.447. The lowest BCUT2D eigenvalue weighted by Gasteiger charge is -2.09. The number of amides is 3. The van der Waals surface area contributed by atoms with Gasteiger partial charge in [0.1, 0.15) is 11.5 Å². The minimum atomic E-state index is -0.750. The molecule has 3 aromatic carbocycles. The van der Waals surface area contributed by atoms with Gasteiger partial charge in [-0.05, 0) is 54.6 Å². The molecule has 3 amide bonds. The van der Waals surface area contributed by atoms with E-state index in [1.807, 2.05) is 0 Å². The molecule has 0 saturated heterocycles. The quantitative estimate of drug-likeness (QED) is 0.146. The first kappa shape index (κ1) is 24.7. The molecule has 188 valence electrons. The van der Waals surface area contributed by atoms with E-state index in [1.54, 1.807) is 55.6 Å². The Morgan fingerprint density at radius 1 is 1.00 bits per heavy atom. The lowest BCUT2D eigenvalue weighted by molar-refractivity contribution is -0.384. The third-order valence-corrected chi connectivity index (χ3v) is 5.03. The number of fused-ring (bicyclic) bond motifs is 1. The number of non-ortho nitro benzene ring substituents is 1. The number of carbonyl (C=O) groups excluding carboxylic acids is 2. The van der Waals surface area contributed by atoms with Crippen LogP contribution in [0.3, 0.4) is 0 Å². The van der Waals surface area contributed by atoms with Crippen molar-refractivity contribution in [3.05, 3.63) is 76.8 Å². The third-order valence-electron chi connectivity index (χ3n) is 5.03. The number of nitro groups is 1. The fraction of sp³-hybridized carbons (Fsp3) is 0.0833. The fourth-order valence-electron chi connectivity index (χ4n) is 3.25. The van der Waals surface area contributed by atoms with Crippen LogP contribution in [0.25, 0.3) is 10.9 Å². The molecular weight excluding hydrogens is 484 g/mol. The molecule has 0 aliphatic heterocycles. The Hall–Kier alpha value is -5.46. The van der Waals surface area contributed by atoms with Crippen molar-refractivity contribution in [3.63, 3.8) is 0 Å². The second-order valence-corrected chi connectivity index (χ2v) is 7.52. The van der Waals surface area contributed by atoms with E-state index in [0.717, 1.165) is 0 Å². The maximum atomic E-state index is 12.2. The van der Waals surface area contributed by atoms with E-state index in [9.17, 15) is 24.8 Å². The number of carbonyl (C=O) groups is 2. The molecule has 4 aromatic rings. The van der Waals surface area contributed by atoms with Crippen LogP contribution in [-0.2, 0) is 4.79 Å². The number of aromatic hydroxyl groups is 1. The molecule has 0 bridgehead atoms. The topological polar surface area (TPSA) is 181 Å². The Morgan fingerprint density at radius 2 is 1.62 bits per heavy atom. The highest BCUT2D eigenvalue weighted by Crippen LogP contribution is 2.37. The van der Waals surface area contributed by atoms with E-state index in [1.165, 1.54) is 18.2 Å². The molecule has 0 radical (unpaired) electrons. The van der Waals surface area contributed by atoms with E-state index in [0.29, 0.717) is 28.4 Å². The Bertz CT molecular complexity index is 1480. The van der Waals surface area contributed by atoms with Gasteiger partial charge in [-0.25, -0.2) is 4.79 Å². The zero-order valence-electron chi connectivity index (χ0n) is 19.3. The third kappa shape index (κ3) is 6.16. The van der Waals surface area contributed by atoms with Crippen molar-refractivity contribution < 1.29 is 29.1 Å². The number of azo groups is 1. The number of benzene rings is 3. The summed E-state index contributed by atoms with van der Waals surface area (Å²) in [7, 11) is 1.55. The van der Waals surface area contributed by atoms with E-state index in [-0.39, 0.29) is 22.6 Å². The lowest BCUT2D eigenvalue weighted by Crippen LogP contribution is -2.19. The van der Waals surface area contributed by atoms with Crippen molar-refractivity contribution in [1.29, 1.82) is 0 Å². The molecule has 0 unspecified atom stereocenters. The number of methoxy groups -OCH3 is 1. The monoisotopic (exact) mass is 504 g/mol. The predicted molar refractivity (Wildman–Crippen MR) is 134 cm³/mol. The van der Waals surface area contributed by atoms with Crippen molar-refractivity contribution in [2.24, 2.45) is 10.2 Å². The van der Waals surface area contributed by atoms with Crippen LogP contribution in [0.15, 0.2) is 77.0 Å². The lowest BCUT2D eigenvalue weighted by atomic mass is 10.2. The van der Waals surface area contributed by atoms with Gasteiger partial charge in [0.15, 0.2) is 12.3 Å². The number of H-pyrrole nitrogens is 1. The Morgan fingerprint density at radius 3 is 2.22 bits per heavy atom. The summed E-state index contributed by atoms with van der Waals surface area (Å²) >= 11 is 0. The predicted octanol–water partition coefficient (Wildman–Crippen LogP) is 5.12. The number of aromatic amines is 1. The summed E-state index contributed by atoms with van der Waals surface area (Å²) in [6, 6.07) is 16.6.